The molecule has 2 aromatic heterocycles. The number of hydrogen-bond donors (Lipinski definition) is 2. The number of hydrogen-bond acceptors (Lipinski definition) is 4. The largest absolute Gasteiger partial charge is 0.334 e. The molecular formula is C15H20N4OS. The molecule has 0 radical (unpaired) electrons. The van der Waals surface area contributed by atoms with Crippen molar-refractivity contribution in [2.75, 3.05) is 0 Å². The topological polar surface area (TPSA) is 66.9 Å². The number of thiazole rings is 1. The van der Waals surface area contributed by atoms with Gasteiger partial charge < -0.3 is 10.6 Å². The molecule has 0 aliphatic heterocycles. The number of carbonyl (C=O) groups excluding carboxylic acids is 1. The van der Waals surface area contributed by atoms with Crippen molar-refractivity contribution in [2.45, 2.75) is 39.8 Å². The lowest BCUT2D eigenvalue weighted by Gasteiger charge is -2.15. The van der Waals surface area contributed by atoms with E-state index in [1.165, 1.54) is 0 Å². The van der Waals surface area contributed by atoms with Gasteiger partial charge in [0, 0.05) is 29.5 Å². The number of pyridine rings is 1. The number of nitrogens with one attached hydrogen (secondary N) is 2. The van der Waals surface area contributed by atoms with Crippen LogP contribution in [-0.4, -0.2) is 16.0 Å². The van der Waals surface area contributed by atoms with Gasteiger partial charge in [0.15, 0.2) is 0 Å². The molecule has 2 N–H and O–H groups in total. The molecule has 0 aliphatic rings. The van der Waals surface area contributed by atoms with Gasteiger partial charge in [-0.2, -0.15) is 0 Å². The molecule has 0 saturated carbocycles. The lowest BCUT2D eigenvalue weighted by Crippen LogP contribution is -2.37. The van der Waals surface area contributed by atoms with Crippen LogP contribution in [0.15, 0.2) is 23.7 Å². The molecule has 0 fully saturated rings. The minimum atomic E-state index is -0.185. The average Bonchev–Trinajstić information content (AvgIpc) is 2.90. The maximum Gasteiger partial charge on any atom is 0.315 e. The number of aromatic nitrogens is 2. The van der Waals surface area contributed by atoms with Crippen molar-refractivity contribution in [3.05, 3.63) is 45.7 Å². The summed E-state index contributed by atoms with van der Waals surface area (Å²) >= 11 is 1.58. The Bertz CT molecular complexity index is 594. The Morgan fingerprint density at radius 3 is 2.71 bits per heavy atom. The molecule has 6 heteroatoms. The molecule has 1 unspecified atom stereocenters. The Morgan fingerprint density at radius 1 is 1.33 bits per heavy atom. The Morgan fingerprint density at radius 2 is 2.14 bits per heavy atom. The molecule has 0 spiro atoms. The first kappa shape index (κ1) is 15.4. The molecule has 2 amide bonds. The quantitative estimate of drug-likeness (QED) is 0.892. The van der Waals surface area contributed by atoms with Gasteiger partial charge in [-0.15, -0.1) is 11.3 Å². The lowest BCUT2D eigenvalue weighted by molar-refractivity contribution is 0.236. The van der Waals surface area contributed by atoms with E-state index in [1.54, 1.807) is 17.5 Å². The third-order valence-electron chi connectivity index (χ3n) is 3.07. The van der Waals surface area contributed by atoms with Gasteiger partial charge in [-0.1, -0.05) is 13.0 Å². The Kier molecular flexibility index (Phi) is 5.27. The Hall–Kier alpha value is -1.95. The number of rotatable bonds is 5. The van der Waals surface area contributed by atoms with Crippen LogP contribution in [0.2, 0.25) is 0 Å². The van der Waals surface area contributed by atoms with E-state index in [0.29, 0.717) is 6.54 Å². The van der Waals surface area contributed by atoms with Crippen molar-refractivity contribution in [2.24, 2.45) is 0 Å². The van der Waals surface area contributed by atoms with Crippen LogP contribution < -0.4 is 10.6 Å². The summed E-state index contributed by atoms with van der Waals surface area (Å²) in [5.74, 6) is 0. The minimum absolute atomic E-state index is 0.0418. The van der Waals surface area contributed by atoms with Crippen LogP contribution in [0.25, 0.3) is 0 Å². The normalized spacial score (nSPS) is 12.0. The zero-order chi connectivity index (χ0) is 15.2. The highest BCUT2D eigenvalue weighted by Gasteiger charge is 2.15. The second kappa shape index (κ2) is 7.17. The van der Waals surface area contributed by atoms with Crippen molar-refractivity contribution in [1.29, 1.82) is 0 Å². The zero-order valence-corrected chi connectivity index (χ0v) is 13.3. The van der Waals surface area contributed by atoms with Crippen molar-refractivity contribution in [3.8, 4) is 0 Å². The number of urea groups is 1. The highest BCUT2D eigenvalue weighted by molar-refractivity contribution is 7.09. The molecule has 0 bridgehead atoms. The average molecular weight is 304 g/mol. The summed E-state index contributed by atoms with van der Waals surface area (Å²) in [5.41, 5.74) is 2.93. The van der Waals surface area contributed by atoms with E-state index in [4.69, 9.17) is 0 Å². The molecule has 2 rings (SSSR count). The van der Waals surface area contributed by atoms with Crippen molar-refractivity contribution in [1.82, 2.24) is 20.6 Å². The summed E-state index contributed by atoms with van der Waals surface area (Å²) in [6.07, 6.45) is 2.59. The van der Waals surface area contributed by atoms with Crippen LogP contribution >= 0.6 is 11.3 Å². The van der Waals surface area contributed by atoms with Crippen LogP contribution in [-0.2, 0) is 6.54 Å². The molecule has 112 valence electrons. The third-order valence-corrected chi connectivity index (χ3v) is 4.15. The van der Waals surface area contributed by atoms with E-state index in [-0.39, 0.29) is 12.1 Å². The van der Waals surface area contributed by atoms with Gasteiger partial charge in [0.05, 0.1) is 6.04 Å². The van der Waals surface area contributed by atoms with E-state index in [0.717, 1.165) is 28.4 Å². The molecule has 21 heavy (non-hydrogen) atoms. The predicted octanol–water partition coefficient (Wildman–Crippen LogP) is 3.11. The smallest absolute Gasteiger partial charge is 0.315 e. The van der Waals surface area contributed by atoms with E-state index in [1.807, 2.05) is 38.3 Å². The fourth-order valence-electron chi connectivity index (χ4n) is 1.87. The second-order valence-electron chi connectivity index (χ2n) is 4.92. The first-order valence-electron chi connectivity index (χ1n) is 6.96. The van der Waals surface area contributed by atoms with Crippen LogP contribution in [0.3, 0.4) is 0 Å². The van der Waals surface area contributed by atoms with Gasteiger partial charge in [-0.25, -0.2) is 9.78 Å². The molecular weight excluding hydrogens is 284 g/mol. The summed E-state index contributed by atoms with van der Waals surface area (Å²) in [6.45, 7) is 6.39. The molecule has 0 saturated heterocycles. The molecule has 0 aromatic carbocycles. The second-order valence-corrected chi connectivity index (χ2v) is 5.81. The monoisotopic (exact) mass is 304 g/mol. The standard InChI is InChI=1S/C15H20N4OS/c1-4-13(14-18-11(3)9-21-14)19-15(20)17-8-12-6-5-10(2)16-7-12/h5-7,9,13H,4,8H2,1-3H3,(H2,17,19,20). The molecule has 2 heterocycles. The van der Waals surface area contributed by atoms with E-state index in [2.05, 4.69) is 20.6 Å². The van der Waals surface area contributed by atoms with Crippen LogP contribution in [0, 0.1) is 13.8 Å². The highest BCUT2D eigenvalue weighted by atomic mass is 32.1. The van der Waals surface area contributed by atoms with E-state index >= 15 is 0 Å². The van der Waals surface area contributed by atoms with Crippen molar-refractivity contribution < 1.29 is 4.79 Å². The van der Waals surface area contributed by atoms with Crippen molar-refractivity contribution >= 4 is 17.4 Å². The molecule has 5 nitrogen and oxygen atoms in total. The minimum Gasteiger partial charge on any atom is -0.334 e. The van der Waals surface area contributed by atoms with E-state index < -0.39 is 0 Å². The maximum atomic E-state index is 12.0. The van der Waals surface area contributed by atoms with Gasteiger partial charge >= 0.3 is 6.03 Å². The first-order valence-corrected chi connectivity index (χ1v) is 7.84. The fourth-order valence-corrected chi connectivity index (χ4v) is 2.80. The Balaban J connectivity index is 1.87. The fraction of sp³-hybridized carbons (Fsp3) is 0.400. The summed E-state index contributed by atoms with van der Waals surface area (Å²) in [5, 5.41) is 8.74. The van der Waals surface area contributed by atoms with Crippen molar-refractivity contribution in [3.63, 3.8) is 0 Å². The SMILES string of the molecule is CCC(NC(=O)NCc1ccc(C)nc1)c1nc(C)cs1. The van der Waals surface area contributed by atoms with E-state index in [9.17, 15) is 4.79 Å². The maximum absolute atomic E-state index is 12.0. The molecule has 2 aromatic rings. The number of amides is 2. The van der Waals surface area contributed by atoms with Crippen LogP contribution in [0.5, 0.6) is 0 Å². The first-order chi connectivity index (χ1) is 10.1. The number of nitrogens with zero attached hydrogens (tertiary/aromatic N) is 2. The summed E-state index contributed by atoms with van der Waals surface area (Å²) in [6, 6.07) is 3.67. The highest BCUT2D eigenvalue weighted by Crippen LogP contribution is 2.20. The zero-order valence-electron chi connectivity index (χ0n) is 12.5. The number of carbonyl (C=O) groups is 1. The summed E-state index contributed by atoms with van der Waals surface area (Å²) < 4.78 is 0. The van der Waals surface area contributed by atoms with Crippen LogP contribution in [0.1, 0.15) is 41.3 Å². The lowest BCUT2D eigenvalue weighted by atomic mass is 10.2. The van der Waals surface area contributed by atoms with Gasteiger partial charge in [-0.05, 0) is 31.9 Å². The summed E-state index contributed by atoms with van der Waals surface area (Å²) in [4.78, 5) is 20.6. The van der Waals surface area contributed by atoms with Gasteiger partial charge in [0.1, 0.15) is 5.01 Å². The van der Waals surface area contributed by atoms with Gasteiger partial charge in [0.2, 0.25) is 0 Å². The Labute approximate surface area is 128 Å². The number of aryl methyl sites for hydroxylation is 2. The third kappa shape index (κ3) is 4.53. The molecule has 0 aliphatic carbocycles. The van der Waals surface area contributed by atoms with Gasteiger partial charge in [0.25, 0.3) is 0 Å². The van der Waals surface area contributed by atoms with Gasteiger partial charge in [-0.3, -0.25) is 4.98 Å². The van der Waals surface area contributed by atoms with Crippen LogP contribution in [0.4, 0.5) is 4.79 Å². The summed E-state index contributed by atoms with van der Waals surface area (Å²) in [7, 11) is 0. The predicted molar refractivity (Wildman–Crippen MR) is 84.2 cm³/mol. The molecule has 1 atom stereocenters.